The molecule has 0 fully saturated rings. The maximum atomic E-state index is 9.93. The van der Waals surface area contributed by atoms with Gasteiger partial charge in [-0.1, -0.05) is 42.5 Å². The van der Waals surface area contributed by atoms with Gasteiger partial charge in [-0.3, -0.25) is 0 Å². The highest BCUT2D eigenvalue weighted by atomic mass is 79.9. The molecule has 2 rings (SSSR count). The molecule has 2 N–H and O–H groups in total. The van der Waals surface area contributed by atoms with E-state index >= 15 is 0 Å². The smallest absolute Gasteiger partial charge is 0.134 e. The van der Waals surface area contributed by atoms with Crippen molar-refractivity contribution in [2.45, 2.75) is 32.4 Å². The fourth-order valence-corrected chi connectivity index (χ4v) is 2.52. The summed E-state index contributed by atoms with van der Waals surface area (Å²) in [6.07, 6.45) is 2.15. The zero-order valence-electron chi connectivity index (χ0n) is 11.6. The van der Waals surface area contributed by atoms with Crippen LogP contribution in [0.2, 0.25) is 0 Å². The van der Waals surface area contributed by atoms with Crippen LogP contribution in [0.3, 0.4) is 0 Å². The molecule has 0 aliphatic rings. The molecule has 0 aliphatic carbocycles. The Balaban J connectivity index is 1.80. The Bertz CT molecular complexity index is 542. The minimum atomic E-state index is 0.329. The number of para-hydroxylation sites is 1. The van der Waals surface area contributed by atoms with Crippen molar-refractivity contribution in [2.75, 3.05) is 0 Å². The van der Waals surface area contributed by atoms with Gasteiger partial charge < -0.3 is 10.4 Å². The minimum absolute atomic E-state index is 0.329. The predicted molar refractivity (Wildman–Crippen MR) is 86.9 cm³/mol. The van der Waals surface area contributed by atoms with E-state index in [9.17, 15) is 5.11 Å². The Morgan fingerprint density at radius 3 is 2.60 bits per heavy atom. The number of nitrogens with one attached hydrogen (secondary N) is 1. The van der Waals surface area contributed by atoms with Crippen molar-refractivity contribution in [2.24, 2.45) is 0 Å². The van der Waals surface area contributed by atoms with E-state index in [1.54, 1.807) is 0 Å². The van der Waals surface area contributed by atoms with Crippen LogP contribution in [-0.2, 0) is 13.0 Å². The first-order valence-electron chi connectivity index (χ1n) is 6.90. The highest BCUT2D eigenvalue weighted by molar-refractivity contribution is 9.10. The number of halogens is 1. The molecule has 0 aliphatic heterocycles. The van der Waals surface area contributed by atoms with Gasteiger partial charge >= 0.3 is 0 Å². The normalized spacial score (nSPS) is 12.3. The lowest BCUT2D eigenvalue weighted by molar-refractivity contribution is 0.452. The molecule has 0 bridgehead atoms. The van der Waals surface area contributed by atoms with E-state index in [2.05, 4.69) is 52.4 Å². The van der Waals surface area contributed by atoms with Gasteiger partial charge in [0.1, 0.15) is 5.75 Å². The number of aromatic hydroxyl groups is 1. The second-order valence-corrected chi connectivity index (χ2v) is 5.91. The molecule has 2 aromatic rings. The lowest BCUT2D eigenvalue weighted by Crippen LogP contribution is -2.26. The summed E-state index contributed by atoms with van der Waals surface area (Å²) in [7, 11) is 0. The lowest BCUT2D eigenvalue weighted by Gasteiger charge is -2.15. The molecule has 0 saturated carbocycles. The van der Waals surface area contributed by atoms with Crippen LogP contribution in [0, 0.1) is 0 Å². The summed E-state index contributed by atoms with van der Waals surface area (Å²) in [4.78, 5) is 0. The van der Waals surface area contributed by atoms with Crippen molar-refractivity contribution in [3.63, 3.8) is 0 Å². The summed E-state index contributed by atoms with van der Waals surface area (Å²) in [5.74, 6) is 0.329. The van der Waals surface area contributed by atoms with Crippen LogP contribution in [0.1, 0.15) is 24.5 Å². The molecule has 106 valence electrons. The highest BCUT2D eigenvalue weighted by Crippen LogP contribution is 2.27. The van der Waals surface area contributed by atoms with E-state index in [4.69, 9.17) is 0 Å². The van der Waals surface area contributed by atoms with Gasteiger partial charge in [-0.05, 0) is 47.3 Å². The average molecular weight is 334 g/mol. The summed E-state index contributed by atoms with van der Waals surface area (Å²) in [5.41, 5.74) is 2.29. The van der Waals surface area contributed by atoms with Gasteiger partial charge in [0, 0.05) is 18.2 Å². The molecule has 1 atom stereocenters. The molecule has 0 saturated heterocycles. The Morgan fingerprint density at radius 2 is 1.85 bits per heavy atom. The van der Waals surface area contributed by atoms with E-state index in [0.717, 1.165) is 22.9 Å². The van der Waals surface area contributed by atoms with E-state index < -0.39 is 0 Å². The van der Waals surface area contributed by atoms with Crippen LogP contribution in [0.25, 0.3) is 0 Å². The quantitative estimate of drug-likeness (QED) is 0.827. The number of hydrogen-bond acceptors (Lipinski definition) is 2. The first-order valence-corrected chi connectivity index (χ1v) is 7.70. The number of rotatable bonds is 6. The number of benzene rings is 2. The third-order valence-electron chi connectivity index (χ3n) is 3.42. The molecule has 20 heavy (non-hydrogen) atoms. The van der Waals surface area contributed by atoms with Gasteiger partial charge in [0.2, 0.25) is 0 Å². The first kappa shape index (κ1) is 15.1. The Kier molecular flexibility index (Phi) is 5.62. The zero-order chi connectivity index (χ0) is 14.4. The lowest BCUT2D eigenvalue weighted by atomic mass is 10.1. The van der Waals surface area contributed by atoms with Crippen molar-refractivity contribution in [3.05, 3.63) is 64.1 Å². The van der Waals surface area contributed by atoms with Crippen molar-refractivity contribution in [3.8, 4) is 5.75 Å². The molecule has 0 aromatic heterocycles. The van der Waals surface area contributed by atoms with Crippen molar-refractivity contribution >= 4 is 15.9 Å². The van der Waals surface area contributed by atoms with E-state index in [0.29, 0.717) is 18.3 Å². The molecule has 0 spiro atoms. The van der Waals surface area contributed by atoms with Gasteiger partial charge in [-0.25, -0.2) is 0 Å². The number of phenols is 1. The molecule has 0 radical (unpaired) electrons. The Labute approximate surface area is 129 Å². The molecule has 0 amide bonds. The Hall–Kier alpha value is -1.32. The Morgan fingerprint density at radius 1 is 1.10 bits per heavy atom. The number of phenolic OH excluding ortho intramolecular Hbond substituents is 1. The van der Waals surface area contributed by atoms with Crippen LogP contribution in [-0.4, -0.2) is 11.1 Å². The predicted octanol–water partition coefficient (Wildman–Crippen LogP) is 4.27. The van der Waals surface area contributed by atoms with Crippen molar-refractivity contribution < 1.29 is 5.11 Å². The van der Waals surface area contributed by atoms with Gasteiger partial charge in [-0.2, -0.15) is 0 Å². The van der Waals surface area contributed by atoms with Gasteiger partial charge in [-0.15, -0.1) is 0 Å². The molecule has 1 unspecified atom stereocenters. The molecule has 2 aromatic carbocycles. The fourth-order valence-electron chi connectivity index (χ4n) is 2.12. The number of aryl methyl sites for hydroxylation is 1. The monoisotopic (exact) mass is 333 g/mol. The molecule has 3 heteroatoms. The average Bonchev–Trinajstić information content (AvgIpc) is 2.48. The van der Waals surface area contributed by atoms with E-state index in [1.807, 2.05) is 24.3 Å². The molecule has 0 heterocycles. The maximum Gasteiger partial charge on any atom is 0.134 e. The van der Waals surface area contributed by atoms with Crippen LogP contribution in [0.5, 0.6) is 5.75 Å². The van der Waals surface area contributed by atoms with Crippen LogP contribution < -0.4 is 5.32 Å². The third-order valence-corrected chi connectivity index (χ3v) is 4.06. The largest absolute Gasteiger partial charge is 0.506 e. The van der Waals surface area contributed by atoms with Crippen LogP contribution in [0.15, 0.2) is 53.0 Å². The van der Waals surface area contributed by atoms with Crippen LogP contribution >= 0.6 is 15.9 Å². The first-order chi connectivity index (χ1) is 9.66. The van der Waals surface area contributed by atoms with Crippen molar-refractivity contribution in [1.29, 1.82) is 0 Å². The van der Waals surface area contributed by atoms with Crippen molar-refractivity contribution in [1.82, 2.24) is 5.32 Å². The standard InChI is InChI=1S/C17H20BrNO/c1-13(10-11-14-6-3-2-4-7-14)19-12-15-8-5-9-16(18)17(15)20/h2-9,13,19-20H,10-12H2,1H3. The van der Waals surface area contributed by atoms with Gasteiger partial charge in [0.25, 0.3) is 0 Å². The maximum absolute atomic E-state index is 9.93. The van der Waals surface area contributed by atoms with E-state index in [-0.39, 0.29) is 0 Å². The summed E-state index contributed by atoms with van der Waals surface area (Å²) >= 11 is 3.34. The second-order valence-electron chi connectivity index (χ2n) is 5.05. The second kappa shape index (κ2) is 7.46. The van der Waals surface area contributed by atoms with E-state index in [1.165, 1.54) is 5.56 Å². The molecular weight excluding hydrogens is 314 g/mol. The SMILES string of the molecule is CC(CCc1ccccc1)NCc1cccc(Br)c1O. The van der Waals surface area contributed by atoms with Crippen LogP contribution in [0.4, 0.5) is 0 Å². The number of hydrogen-bond donors (Lipinski definition) is 2. The zero-order valence-corrected chi connectivity index (χ0v) is 13.2. The van der Waals surface area contributed by atoms with Gasteiger partial charge in [0.15, 0.2) is 0 Å². The molecule has 2 nitrogen and oxygen atoms in total. The summed E-state index contributed by atoms with van der Waals surface area (Å²) in [6.45, 7) is 2.86. The third kappa shape index (κ3) is 4.36. The summed E-state index contributed by atoms with van der Waals surface area (Å²) in [6, 6.07) is 16.7. The van der Waals surface area contributed by atoms with Gasteiger partial charge in [0.05, 0.1) is 4.47 Å². The molecular formula is C17H20BrNO. The highest BCUT2D eigenvalue weighted by Gasteiger charge is 2.07. The topological polar surface area (TPSA) is 32.3 Å². The summed E-state index contributed by atoms with van der Waals surface area (Å²) < 4.78 is 0.744. The minimum Gasteiger partial charge on any atom is -0.506 e. The fraction of sp³-hybridized carbons (Fsp3) is 0.294. The summed E-state index contributed by atoms with van der Waals surface area (Å²) in [5, 5.41) is 13.4.